The third-order valence-corrected chi connectivity index (χ3v) is 5.77. The van der Waals surface area contributed by atoms with E-state index in [1.807, 2.05) is 89.8 Å². The number of hydrogen-bond acceptors (Lipinski definition) is 5. The lowest BCUT2D eigenvalue weighted by molar-refractivity contribution is 0.102. The van der Waals surface area contributed by atoms with Crippen LogP contribution < -0.4 is 10.1 Å². The average Bonchev–Trinajstić information content (AvgIpc) is 3.28. The predicted molar refractivity (Wildman–Crippen MR) is 119 cm³/mol. The van der Waals surface area contributed by atoms with Crippen molar-refractivity contribution in [3.05, 3.63) is 101 Å². The summed E-state index contributed by atoms with van der Waals surface area (Å²) in [5.41, 5.74) is 4.13. The number of hydrogen-bond donors (Lipinski definition) is 1. The fourth-order valence-corrected chi connectivity index (χ4v) is 4.10. The standard InChI is InChI=1S/C23H18N2O2S2/c26-23(17-10-12-20(13-11-17)29-15-18-14-28-16-24-18)25-21-8-4-5-9-22(21)27-19-6-2-1-3-7-19/h1-14,16H,15H2,(H,25,26). The van der Waals surface area contributed by atoms with Gasteiger partial charge in [0.15, 0.2) is 5.75 Å². The van der Waals surface area contributed by atoms with E-state index in [1.165, 1.54) is 0 Å². The van der Waals surface area contributed by atoms with Crippen LogP contribution in [0.15, 0.2) is 94.6 Å². The van der Waals surface area contributed by atoms with Crippen molar-refractivity contribution in [2.24, 2.45) is 0 Å². The fraction of sp³-hybridized carbons (Fsp3) is 0.0435. The molecule has 0 saturated heterocycles. The first kappa shape index (κ1) is 19.2. The number of benzene rings is 3. The van der Waals surface area contributed by atoms with Gasteiger partial charge in [-0.2, -0.15) is 0 Å². The van der Waals surface area contributed by atoms with Gasteiger partial charge in [-0.1, -0.05) is 30.3 Å². The molecular formula is C23H18N2O2S2. The maximum atomic E-state index is 12.7. The lowest BCUT2D eigenvalue weighted by atomic mass is 10.2. The Morgan fingerprint density at radius 2 is 1.72 bits per heavy atom. The highest BCUT2D eigenvalue weighted by Gasteiger charge is 2.11. The number of para-hydroxylation sites is 3. The number of ether oxygens (including phenoxy) is 1. The summed E-state index contributed by atoms with van der Waals surface area (Å²) in [5, 5.41) is 4.99. The SMILES string of the molecule is O=C(Nc1ccccc1Oc1ccccc1)c1ccc(SCc2cscn2)cc1. The molecule has 144 valence electrons. The number of carbonyl (C=O) groups excluding carboxylic acids is 1. The van der Waals surface area contributed by atoms with Gasteiger partial charge in [-0.3, -0.25) is 4.79 Å². The van der Waals surface area contributed by atoms with Crippen molar-refractivity contribution in [3.8, 4) is 11.5 Å². The number of carbonyl (C=O) groups is 1. The van der Waals surface area contributed by atoms with Gasteiger partial charge in [0.25, 0.3) is 5.91 Å². The van der Waals surface area contributed by atoms with Crippen LogP contribution in [0.2, 0.25) is 0 Å². The Morgan fingerprint density at radius 1 is 0.966 bits per heavy atom. The van der Waals surface area contributed by atoms with Crippen molar-refractivity contribution in [1.82, 2.24) is 4.98 Å². The second kappa shape index (κ2) is 9.41. The molecule has 0 bridgehead atoms. The molecule has 4 rings (SSSR count). The molecule has 29 heavy (non-hydrogen) atoms. The van der Waals surface area contributed by atoms with Gasteiger partial charge in [0.1, 0.15) is 5.75 Å². The first-order valence-electron chi connectivity index (χ1n) is 9.01. The van der Waals surface area contributed by atoms with Crippen molar-refractivity contribution in [3.63, 3.8) is 0 Å². The molecule has 3 aromatic carbocycles. The first-order valence-corrected chi connectivity index (χ1v) is 10.9. The molecule has 0 saturated carbocycles. The van der Waals surface area contributed by atoms with Crippen molar-refractivity contribution in [2.75, 3.05) is 5.32 Å². The van der Waals surface area contributed by atoms with Crippen LogP contribution in [0.4, 0.5) is 5.69 Å². The molecule has 1 heterocycles. The lowest BCUT2D eigenvalue weighted by Gasteiger charge is -2.12. The summed E-state index contributed by atoms with van der Waals surface area (Å²) in [6.07, 6.45) is 0. The Bertz CT molecular complexity index is 1070. The molecule has 0 radical (unpaired) electrons. The zero-order valence-electron chi connectivity index (χ0n) is 15.4. The van der Waals surface area contributed by atoms with Crippen molar-refractivity contribution >= 4 is 34.7 Å². The normalized spacial score (nSPS) is 10.5. The number of rotatable bonds is 7. The van der Waals surface area contributed by atoms with E-state index in [1.54, 1.807) is 23.1 Å². The molecule has 0 aliphatic carbocycles. The first-order chi connectivity index (χ1) is 14.3. The zero-order valence-corrected chi connectivity index (χ0v) is 17.1. The van der Waals surface area contributed by atoms with E-state index in [2.05, 4.69) is 10.3 Å². The Balaban J connectivity index is 1.41. The highest BCUT2D eigenvalue weighted by molar-refractivity contribution is 7.98. The van der Waals surface area contributed by atoms with Crippen LogP contribution in [-0.2, 0) is 5.75 Å². The molecule has 1 amide bonds. The molecule has 0 atom stereocenters. The molecule has 1 N–H and O–H groups in total. The number of thioether (sulfide) groups is 1. The lowest BCUT2D eigenvalue weighted by Crippen LogP contribution is -2.12. The topological polar surface area (TPSA) is 51.2 Å². The maximum Gasteiger partial charge on any atom is 0.255 e. The number of aromatic nitrogens is 1. The third-order valence-electron chi connectivity index (χ3n) is 4.09. The molecule has 0 spiro atoms. The van der Waals surface area contributed by atoms with E-state index in [-0.39, 0.29) is 5.91 Å². The monoisotopic (exact) mass is 418 g/mol. The van der Waals surface area contributed by atoms with Gasteiger partial charge >= 0.3 is 0 Å². The van der Waals surface area contributed by atoms with Crippen molar-refractivity contribution < 1.29 is 9.53 Å². The van der Waals surface area contributed by atoms with E-state index >= 15 is 0 Å². The average molecular weight is 419 g/mol. The molecule has 0 fully saturated rings. The Kier molecular flexibility index (Phi) is 6.24. The zero-order chi connectivity index (χ0) is 19.9. The molecule has 0 unspecified atom stereocenters. The quantitative estimate of drug-likeness (QED) is 0.349. The van der Waals surface area contributed by atoms with Crippen LogP contribution in [0, 0.1) is 0 Å². The summed E-state index contributed by atoms with van der Waals surface area (Å²) < 4.78 is 5.91. The number of nitrogens with zero attached hydrogens (tertiary/aromatic N) is 1. The molecule has 4 nitrogen and oxygen atoms in total. The fourth-order valence-electron chi connectivity index (χ4n) is 2.64. The summed E-state index contributed by atoms with van der Waals surface area (Å²) in [4.78, 5) is 18.1. The summed E-state index contributed by atoms with van der Waals surface area (Å²) in [7, 11) is 0. The number of nitrogens with one attached hydrogen (secondary N) is 1. The van der Waals surface area contributed by atoms with Crippen LogP contribution in [0.5, 0.6) is 11.5 Å². The minimum Gasteiger partial charge on any atom is -0.455 e. The van der Waals surface area contributed by atoms with Crippen LogP contribution in [0.3, 0.4) is 0 Å². The molecular weight excluding hydrogens is 400 g/mol. The molecule has 4 aromatic rings. The van der Waals surface area contributed by atoms with E-state index < -0.39 is 0 Å². The van der Waals surface area contributed by atoms with Gasteiger partial charge in [-0.15, -0.1) is 23.1 Å². The molecule has 6 heteroatoms. The minimum absolute atomic E-state index is 0.176. The highest BCUT2D eigenvalue weighted by Crippen LogP contribution is 2.30. The van der Waals surface area contributed by atoms with Crippen LogP contribution in [0.25, 0.3) is 0 Å². The Labute approximate surface area is 177 Å². The minimum atomic E-state index is -0.176. The van der Waals surface area contributed by atoms with Gasteiger partial charge in [0.2, 0.25) is 0 Å². The van der Waals surface area contributed by atoms with Crippen molar-refractivity contribution in [2.45, 2.75) is 10.6 Å². The summed E-state index contributed by atoms with van der Waals surface area (Å²) >= 11 is 3.29. The summed E-state index contributed by atoms with van der Waals surface area (Å²) in [6.45, 7) is 0. The second-order valence-electron chi connectivity index (χ2n) is 6.16. The van der Waals surface area contributed by atoms with Gasteiger partial charge in [0.05, 0.1) is 16.9 Å². The summed E-state index contributed by atoms with van der Waals surface area (Å²) in [6, 6.07) is 24.5. The largest absolute Gasteiger partial charge is 0.455 e. The predicted octanol–water partition coefficient (Wildman–Crippen LogP) is 6.48. The van der Waals surface area contributed by atoms with Crippen LogP contribution >= 0.6 is 23.1 Å². The van der Waals surface area contributed by atoms with E-state index in [4.69, 9.17) is 4.74 Å². The number of thiazole rings is 1. The number of amides is 1. The Hall–Kier alpha value is -3.09. The highest BCUT2D eigenvalue weighted by atomic mass is 32.2. The molecule has 1 aromatic heterocycles. The molecule has 0 aliphatic heterocycles. The van der Waals surface area contributed by atoms with Crippen LogP contribution in [-0.4, -0.2) is 10.9 Å². The van der Waals surface area contributed by atoms with Gasteiger partial charge in [-0.05, 0) is 48.5 Å². The summed E-state index contributed by atoms with van der Waals surface area (Å²) in [5.74, 6) is 1.96. The van der Waals surface area contributed by atoms with Gasteiger partial charge in [0, 0.05) is 21.6 Å². The number of anilines is 1. The second-order valence-corrected chi connectivity index (χ2v) is 7.93. The third kappa shape index (κ3) is 5.25. The van der Waals surface area contributed by atoms with E-state index in [0.29, 0.717) is 17.0 Å². The van der Waals surface area contributed by atoms with Gasteiger partial charge in [-0.25, -0.2) is 4.98 Å². The Morgan fingerprint density at radius 3 is 2.48 bits per heavy atom. The van der Waals surface area contributed by atoms with Gasteiger partial charge < -0.3 is 10.1 Å². The smallest absolute Gasteiger partial charge is 0.255 e. The van der Waals surface area contributed by atoms with Crippen molar-refractivity contribution in [1.29, 1.82) is 0 Å². The van der Waals surface area contributed by atoms with E-state index in [0.717, 1.165) is 22.1 Å². The maximum absolute atomic E-state index is 12.7. The van der Waals surface area contributed by atoms with E-state index in [9.17, 15) is 4.79 Å². The molecule has 0 aliphatic rings. The van der Waals surface area contributed by atoms with Crippen LogP contribution in [0.1, 0.15) is 16.1 Å².